The maximum absolute atomic E-state index is 11.4. The van der Waals surface area contributed by atoms with E-state index in [1.165, 1.54) is 32.9 Å². The molecule has 0 saturated heterocycles. The van der Waals surface area contributed by atoms with E-state index in [-0.39, 0.29) is 5.41 Å². The number of hydrogen-bond acceptors (Lipinski definition) is 2. The van der Waals surface area contributed by atoms with Crippen LogP contribution in [0, 0.1) is 0 Å². The van der Waals surface area contributed by atoms with E-state index in [1.54, 1.807) is 0 Å². The molecule has 1 heterocycles. The summed E-state index contributed by atoms with van der Waals surface area (Å²) in [7, 11) is -0.813. The molecule has 2 nitrogen and oxygen atoms in total. The maximum Gasteiger partial charge on any atom is 0.149 e. The molecule has 1 atom stereocenters. The molecule has 2 aliphatic carbocycles. The molecule has 1 unspecified atom stereocenters. The lowest BCUT2D eigenvalue weighted by Crippen LogP contribution is -2.25. The number of allylic oxidation sites excluding steroid dienone is 4. The second-order valence-electron chi connectivity index (χ2n) is 9.02. The molecular formula is C26H31NOS. The summed E-state index contributed by atoms with van der Waals surface area (Å²) in [6, 6.07) is 11.4. The average molecular weight is 406 g/mol. The zero-order valence-corrected chi connectivity index (χ0v) is 19.0. The zero-order chi connectivity index (χ0) is 20.8. The van der Waals surface area contributed by atoms with Crippen molar-refractivity contribution in [2.24, 2.45) is 0 Å². The number of carbonyl (C=O) groups excluding carboxylic acids is 1. The molecule has 0 saturated carbocycles. The Bertz CT molecular complexity index is 1000. The van der Waals surface area contributed by atoms with Gasteiger partial charge in [-0.25, -0.2) is 10.0 Å². The van der Waals surface area contributed by atoms with Crippen molar-refractivity contribution < 1.29 is 4.79 Å². The molecule has 0 bridgehead atoms. The van der Waals surface area contributed by atoms with Crippen molar-refractivity contribution in [1.82, 2.24) is 4.98 Å². The Kier molecular flexibility index (Phi) is 5.06. The standard InChI is InChI=1S/C26H31NOS/c1-6-26(7-2)23-14-18(17-28)8-11-21(23)22-12-9-19(15-24(22)26)20-10-13-25(27-16-20)29(3,4)5/h8-10,12-17,21H,6-7,11H2,1-5H3. The Labute approximate surface area is 176 Å². The predicted molar refractivity (Wildman–Crippen MR) is 125 cm³/mol. The van der Waals surface area contributed by atoms with Gasteiger partial charge in [0.1, 0.15) is 6.29 Å². The summed E-state index contributed by atoms with van der Waals surface area (Å²) < 4.78 is 0. The normalized spacial score (nSPS) is 20.4. The molecule has 1 aromatic heterocycles. The van der Waals surface area contributed by atoms with Crippen molar-refractivity contribution in [2.45, 2.75) is 49.5 Å². The molecule has 4 rings (SSSR count). The van der Waals surface area contributed by atoms with Gasteiger partial charge in [0.25, 0.3) is 0 Å². The second kappa shape index (κ2) is 7.28. The van der Waals surface area contributed by atoms with Gasteiger partial charge in [0.05, 0.1) is 5.03 Å². The van der Waals surface area contributed by atoms with Crippen molar-refractivity contribution in [1.29, 1.82) is 0 Å². The van der Waals surface area contributed by atoms with Crippen LogP contribution in [0.25, 0.3) is 11.1 Å². The van der Waals surface area contributed by atoms with Gasteiger partial charge in [-0.15, -0.1) is 0 Å². The number of rotatable bonds is 5. The lowest BCUT2D eigenvalue weighted by molar-refractivity contribution is -0.104. The Morgan fingerprint density at radius 3 is 2.41 bits per heavy atom. The molecule has 3 heteroatoms. The van der Waals surface area contributed by atoms with Crippen molar-refractivity contribution in [2.75, 3.05) is 18.8 Å². The lowest BCUT2D eigenvalue weighted by atomic mass is 9.71. The highest BCUT2D eigenvalue weighted by atomic mass is 32.3. The number of aldehydes is 1. The number of hydrogen-bond donors (Lipinski definition) is 0. The van der Waals surface area contributed by atoms with Gasteiger partial charge in [0, 0.05) is 28.7 Å². The van der Waals surface area contributed by atoms with Gasteiger partial charge in [-0.3, -0.25) is 9.78 Å². The van der Waals surface area contributed by atoms with Crippen LogP contribution in [0.4, 0.5) is 0 Å². The van der Waals surface area contributed by atoms with E-state index in [0.29, 0.717) is 5.92 Å². The highest BCUT2D eigenvalue weighted by Gasteiger charge is 2.46. The van der Waals surface area contributed by atoms with E-state index in [0.717, 1.165) is 31.1 Å². The minimum absolute atomic E-state index is 0.0292. The van der Waals surface area contributed by atoms with Gasteiger partial charge in [0.15, 0.2) is 0 Å². The fourth-order valence-corrected chi connectivity index (χ4v) is 5.98. The number of benzene rings is 1. The van der Waals surface area contributed by atoms with Crippen molar-refractivity contribution in [3.05, 3.63) is 71.0 Å². The minimum Gasteiger partial charge on any atom is -0.298 e. The van der Waals surface area contributed by atoms with Crippen LogP contribution in [0.3, 0.4) is 0 Å². The van der Waals surface area contributed by atoms with Crippen LogP contribution in [0.15, 0.2) is 64.9 Å². The van der Waals surface area contributed by atoms with E-state index in [1.807, 2.05) is 6.20 Å². The van der Waals surface area contributed by atoms with Crippen LogP contribution >= 0.6 is 10.0 Å². The number of pyridine rings is 1. The number of fused-ring (bicyclic) bond motifs is 3. The first-order chi connectivity index (χ1) is 13.8. The molecule has 0 radical (unpaired) electrons. The molecule has 0 N–H and O–H groups in total. The van der Waals surface area contributed by atoms with Gasteiger partial charge in [-0.1, -0.05) is 49.8 Å². The molecule has 0 fully saturated rings. The Morgan fingerprint density at radius 1 is 1.10 bits per heavy atom. The molecule has 152 valence electrons. The van der Waals surface area contributed by atoms with Gasteiger partial charge in [-0.2, -0.15) is 0 Å². The molecule has 0 amide bonds. The largest absolute Gasteiger partial charge is 0.298 e. The van der Waals surface area contributed by atoms with Crippen LogP contribution in [-0.4, -0.2) is 30.0 Å². The summed E-state index contributed by atoms with van der Waals surface area (Å²) in [6.07, 6.45) is 17.2. The van der Waals surface area contributed by atoms with E-state index in [2.05, 4.69) is 75.1 Å². The Balaban J connectivity index is 1.81. The first kappa shape index (κ1) is 20.2. The fraction of sp³-hybridized carbons (Fsp3) is 0.385. The third-order valence-corrected chi connectivity index (χ3v) is 8.32. The van der Waals surface area contributed by atoms with Crippen LogP contribution < -0.4 is 0 Å². The SMILES string of the molecule is CCC1(CC)C2=CC(C=O)=CCC2c2ccc(-c3ccc(S(C)(C)C)nc3)cc21. The minimum atomic E-state index is -0.813. The monoisotopic (exact) mass is 405 g/mol. The van der Waals surface area contributed by atoms with Crippen LogP contribution in [0.5, 0.6) is 0 Å². The highest BCUT2D eigenvalue weighted by molar-refractivity contribution is 8.32. The van der Waals surface area contributed by atoms with Gasteiger partial charge < -0.3 is 0 Å². The number of nitrogens with zero attached hydrogens (tertiary/aromatic N) is 1. The first-order valence-electron chi connectivity index (χ1n) is 10.5. The molecule has 29 heavy (non-hydrogen) atoms. The average Bonchev–Trinajstić information content (AvgIpc) is 3.01. The van der Waals surface area contributed by atoms with Crippen molar-refractivity contribution >= 4 is 16.3 Å². The zero-order valence-electron chi connectivity index (χ0n) is 18.2. The molecule has 2 aromatic rings. The molecule has 2 aliphatic rings. The lowest BCUT2D eigenvalue weighted by Gasteiger charge is -2.33. The summed E-state index contributed by atoms with van der Waals surface area (Å²) in [4.78, 5) is 16.2. The quantitative estimate of drug-likeness (QED) is 0.538. The summed E-state index contributed by atoms with van der Waals surface area (Å²) >= 11 is 0. The van der Waals surface area contributed by atoms with Crippen molar-refractivity contribution in [3.8, 4) is 11.1 Å². The summed E-state index contributed by atoms with van der Waals surface area (Å²) in [6.45, 7) is 4.56. The Hall–Kier alpha value is -2.13. The molecular weight excluding hydrogens is 374 g/mol. The topological polar surface area (TPSA) is 30.0 Å². The summed E-state index contributed by atoms with van der Waals surface area (Å²) in [5.41, 5.74) is 7.60. The van der Waals surface area contributed by atoms with E-state index in [4.69, 9.17) is 4.98 Å². The third kappa shape index (κ3) is 3.20. The Morgan fingerprint density at radius 2 is 1.83 bits per heavy atom. The van der Waals surface area contributed by atoms with Crippen LogP contribution in [0.2, 0.25) is 0 Å². The van der Waals surface area contributed by atoms with E-state index in [9.17, 15) is 4.79 Å². The molecule has 0 spiro atoms. The molecule has 0 aliphatic heterocycles. The number of carbonyl (C=O) groups is 1. The third-order valence-electron chi connectivity index (χ3n) is 6.82. The van der Waals surface area contributed by atoms with Crippen LogP contribution in [-0.2, 0) is 10.2 Å². The first-order valence-corrected chi connectivity index (χ1v) is 13.4. The smallest absolute Gasteiger partial charge is 0.149 e. The fourth-order valence-electron chi connectivity index (χ4n) is 5.13. The van der Waals surface area contributed by atoms with Crippen LogP contribution in [0.1, 0.15) is 50.2 Å². The summed E-state index contributed by atoms with van der Waals surface area (Å²) in [5, 5.41) is 1.20. The van der Waals surface area contributed by atoms with Crippen molar-refractivity contribution in [3.63, 3.8) is 0 Å². The van der Waals surface area contributed by atoms with Gasteiger partial charge >= 0.3 is 0 Å². The summed E-state index contributed by atoms with van der Waals surface area (Å²) in [5.74, 6) is 0.410. The number of aromatic nitrogens is 1. The maximum atomic E-state index is 11.4. The second-order valence-corrected chi connectivity index (χ2v) is 13.1. The predicted octanol–water partition coefficient (Wildman–Crippen LogP) is 6.41. The molecule has 1 aromatic carbocycles. The van der Waals surface area contributed by atoms with Gasteiger partial charge in [0.2, 0.25) is 0 Å². The highest BCUT2D eigenvalue weighted by Crippen LogP contribution is 2.57. The van der Waals surface area contributed by atoms with E-state index < -0.39 is 10.0 Å². The van der Waals surface area contributed by atoms with Gasteiger partial charge in [-0.05, 0) is 66.9 Å². The van der Waals surface area contributed by atoms with E-state index >= 15 is 0 Å².